The zero-order valence-corrected chi connectivity index (χ0v) is 76.3. The van der Waals surface area contributed by atoms with Crippen LogP contribution < -0.4 is 22.1 Å². The van der Waals surface area contributed by atoms with Gasteiger partial charge in [-0.05, 0) is 59.4 Å². The zero-order chi connectivity index (χ0) is 99.6. The SMILES string of the molecule is C1CCOC1.Cc1nnc(CC(CC(=O)NCc2cc(CNC(=O)CC(Cc3nnc(C)o3)c3nnc(C)o3)cc(C(=O)O)c2)c2nnc(C)o2)o1.Cc1nnc(CC(CC(=O)O)c2nnc(C)o2)o1.Cc1nnc(CC(CC(=O)ON2C(=O)CCC2=O)c2nnc(C)o2)o1.NCc1cc(CN)cc(C(=O)O)c1.O=S=O.O=S=O.O=S=O.O=S=O.O=S=O.O=S=O.O=S=O.O=S=O. The number of carbonyl (C=O) groups excluding carboxylic acids is 5. The second-order valence-corrected chi connectivity index (χ2v) is 26.0. The van der Waals surface area contributed by atoms with Gasteiger partial charge in [-0.1, -0.05) is 12.1 Å². The van der Waals surface area contributed by atoms with Gasteiger partial charge in [0.15, 0.2) is 0 Å². The zero-order valence-electron chi connectivity index (χ0n) is 69.7. The van der Waals surface area contributed by atoms with Crippen LogP contribution in [0.3, 0.4) is 0 Å². The quantitative estimate of drug-likeness (QED) is 0.0283. The highest BCUT2D eigenvalue weighted by atomic mass is 32.1. The number of aliphatic carboxylic acids is 1. The molecule has 10 aromatic rings. The van der Waals surface area contributed by atoms with Gasteiger partial charge in [0.1, 0.15) is 0 Å². The van der Waals surface area contributed by atoms with Crippen molar-refractivity contribution in [3.63, 3.8) is 0 Å². The van der Waals surface area contributed by atoms with Gasteiger partial charge in [-0.3, -0.25) is 24.0 Å². The number of hydrogen-bond acceptors (Lipinski definition) is 52. The molecule has 4 unspecified atom stereocenters. The molecule has 2 fully saturated rings. The van der Waals surface area contributed by atoms with Crippen molar-refractivity contribution in [1.29, 1.82) is 0 Å². The van der Waals surface area contributed by atoms with Crippen LogP contribution in [0.2, 0.25) is 0 Å². The molecule has 9 N–H and O–H groups in total. The molecule has 132 heavy (non-hydrogen) atoms. The van der Waals surface area contributed by atoms with Crippen molar-refractivity contribution >= 4 is 140 Å². The van der Waals surface area contributed by atoms with Crippen molar-refractivity contribution in [3.8, 4) is 0 Å². The molecule has 8 aromatic heterocycles. The summed E-state index contributed by atoms with van der Waals surface area (Å²) in [6, 6.07) is 9.53. The van der Waals surface area contributed by atoms with E-state index in [-0.39, 0.29) is 124 Å². The molecule has 66 heteroatoms. The van der Waals surface area contributed by atoms with Crippen LogP contribution in [0.5, 0.6) is 0 Å². The fraction of sp³-hybridized carbons (Fsp3) is 0.455. The number of nitrogens with zero attached hydrogens (tertiary/aromatic N) is 17. The van der Waals surface area contributed by atoms with Crippen LogP contribution in [0.4, 0.5) is 0 Å². The molecule has 10 heterocycles. The predicted molar refractivity (Wildman–Crippen MR) is 429 cm³/mol. The van der Waals surface area contributed by atoms with E-state index in [4.69, 9.17) is 134 Å². The Hall–Kier alpha value is -14.0. The molecule has 58 nitrogen and oxygen atoms in total. The summed E-state index contributed by atoms with van der Waals surface area (Å²) in [4.78, 5) is 99.4. The first-order valence-electron chi connectivity index (χ1n) is 36.2. The van der Waals surface area contributed by atoms with Gasteiger partial charge in [0, 0.05) is 146 Å². The van der Waals surface area contributed by atoms with Crippen LogP contribution in [0, 0.1) is 55.4 Å². The lowest BCUT2D eigenvalue weighted by Gasteiger charge is -2.15. The van der Waals surface area contributed by atoms with Gasteiger partial charge in [-0.15, -0.1) is 86.6 Å². The Labute approximate surface area is 769 Å². The number of hydroxylamine groups is 2. The van der Waals surface area contributed by atoms with Gasteiger partial charge in [-0.2, -0.15) is 67.3 Å². The number of benzene rings is 2. The lowest BCUT2D eigenvalue weighted by molar-refractivity contribution is -0.197. The van der Waals surface area contributed by atoms with E-state index in [9.17, 15) is 43.5 Å². The minimum absolute atomic E-state index is 0.00190. The molecule has 4 atom stereocenters. The van der Waals surface area contributed by atoms with Gasteiger partial charge >= 0.3 is 116 Å². The summed E-state index contributed by atoms with van der Waals surface area (Å²) < 4.78 is 181. The minimum Gasteiger partial charge on any atom is -0.481 e. The average Bonchev–Trinajstić information content (AvgIpc) is 1.84. The van der Waals surface area contributed by atoms with Gasteiger partial charge in [0.2, 0.25) is 106 Å². The molecule has 718 valence electrons. The molecule has 0 spiro atoms. The Morgan fingerprint density at radius 2 is 0.606 bits per heavy atom. The molecule has 2 aliphatic heterocycles. The van der Waals surface area contributed by atoms with Crippen molar-refractivity contribution in [2.75, 3.05) is 13.2 Å². The Morgan fingerprint density at radius 3 is 0.826 bits per heavy atom. The highest BCUT2D eigenvalue weighted by molar-refractivity contribution is 7.52. The first-order valence-corrected chi connectivity index (χ1v) is 41.5. The van der Waals surface area contributed by atoms with E-state index in [0.717, 1.165) is 24.3 Å². The number of nitrogens with one attached hydrogen (secondary N) is 2. The highest BCUT2D eigenvalue weighted by Gasteiger charge is 2.35. The summed E-state index contributed by atoms with van der Waals surface area (Å²) in [5.74, 6) is -2.50. The number of aromatic nitrogens is 16. The Morgan fingerprint density at radius 1 is 0.364 bits per heavy atom. The fourth-order valence-corrected chi connectivity index (χ4v) is 10.3. The molecular weight excluding hydrogens is 1940 g/mol. The number of imide groups is 1. The Kier molecular flexibility index (Phi) is 61.7. The van der Waals surface area contributed by atoms with Crippen molar-refractivity contribution < 1.29 is 166 Å². The number of aromatic carboxylic acids is 2. The number of rotatable bonds is 29. The molecular formula is C66H79N21O37S8. The van der Waals surface area contributed by atoms with Crippen LogP contribution in [0.1, 0.15) is 212 Å². The molecule has 2 aliphatic rings. The maximum atomic E-state index is 13.0. The second kappa shape index (κ2) is 69.0. The van der Waals surface area contributed by atoms with Crippen LogP contribution in [-0.4, -0.2) is 230 Å². The molecule has 4 amide bonds. The van der Waals surface area contributed by atoms with Crippen molar-refractivity contribution in [3.05, 3.63) is 164 Å². The number of nitrogens with two attached hydrogens (primary N) is 2. The van der Waals surface area contributed by atoms with Gasteiger partial charge in [0.25, 0.3) is 11.8 Å². The van der Waals surface area contributed by atoms with E-state index < -0.39 is 152 Å². The lowest BCUT2D eigenvalue weighted by Crippen LogP contribution is -2.32. The van der Waals surface area contributed by atoms with Gasteiger partial charge in [0.05, 0.1) is 47.6 Å². The number of aryl methyl sites for hydroxylation is 8. The lowest BCUT2D eigenvalue weighted by atomic mass is 10.00. The number of ether oxygens (including phenoxy) is 1. The van der Waals surface area contributed by atoms with E-state index in [1.807, 2.05) is 6.07 Å². The molecule has 0 radical (unpaired) electrons. The molecule has 0 saturated carbocycles. The molecule has 0 bridgehead atoms. The van der Waals surface area contributed by atoms with Crippen LogP contribution in [0.15, 0.2) is 71.7 Å². The first-order chi connectivity index (χ1) is 62.9. The molecule has 2 saturated heterocycles. The maximum Gasteiger partial charge on any atom is 0.335 e. The monoisotopic (exact) mass is 2010 g/mol. The van der Waals surface area contributed by atoms with Gasteiger partial charge < -0.3 is 82.3 Å². The van der Waals surface area contributed by atoms with Crippen molar-refractivity contribution in [1.82, 2.24) is 97.3 Å². The number of amides is 4. The number of carboxylic acids is 3. The van der Waals surface area contributed by atoms with E-state index in [1.165, 1.54) is 25.0 Å². The second-order valence-electron chi connectivity index (χ2n) is 24.9. The summed E-state index contributed by atoms with van der Waals surface area (Å²) in [6.45, 7) is 15.9. The maximum absolute atomic E-state index is 13.0. The van der Waals surface area contributed by atoms with Crippen molar-refractivity contribution in [2.45, 2.75) is 182 Å². The molecule has 2 aromatic carbocycles. The normalized spacial score (nSPS) is 11.8. The summed E-state index contributed by atoms with van der Waals surface area (Å²) in [5, 5.41) is 95.1. The van der Waals surface area contributed by atoms with Crippen LogP contribution in [0.25, 0.3) is 0 Å². The highest BCUT2D eigenvalue weighted by Crippen LogP contribution is 2.29. The Bertz CT molecular complexity index is 5280. The van der Waals surface area contributed by atoms with E-state index in [1.54, 1.807) is 73.6 Å². The standard InChI is InChI=1S/C29H32N10O8.C14H15N5O6.C10H12N4O4.C9H12N2O2.C4H8O.8O2S/c1-14-32-36-25(44-14)10-20(27-38-34-16(3)46-27)8-23(40)30-12-18-5-19(7-22(6-18)29(42)43)13-31-24(41)9-21(28-39-35-17(4)47-28)11-26-37-33-15(2)45-26;1-7-15-17-10(23-7)5-9(14-18-16-8(2)24-14)6-13(22)25-19-11(20)3-4-12(19)21;1-5-11-13-8(17-5)3-7(4-9(15)16)10-14-12-6(2)18-10;10-4-6-1-7(5-11)3-8(2-6)9(12)13;1-2-4-5-3-1;8*1-3-2/h5-7,20-21H,8-13H2,1-4H3,(H,30,40)(H,31,41)(H,42,43);9H,3-6H2,1-2H3;7H,3-4H2,1-2H3,(H,15,16);1-3H,4-5,10-11H2,(H,12,13);1-4H2;;;;;;;;. The first kappa shape index (κ1) is 118. The molecule has 0 aliphatic carbocycles. The number of carboxylic acid groups (broad SMARTS) is 3. The summed E-state index contributed by atoms with van der Waals surface area (Å²) in [6.07, 6.45) is 3.03. The van der Waals surface area contributed by atoms with Crippen LogP contribution in [-0.2, 0) is 183 Å². The van der Waals surface area contributed by atoms with E-state index in [0.29, 0.717) is 100.0 Å². The third-order valence-electron chi connectivity index (χ3n) is 15.3. The molecule has 12 rings (SSSR count). The largest absolute Gasteiger partial charge is 0.481 e. The average molecular weight is 2020 g/mol. The van der Waals surface area contributed by atoms with Crippen LogP contribution >= 0.6 is 0 Å². The van der Waals surface area contributed by atoms with Gasteiger partial charge in [-0.25, -0.2) is 14.4 Å². The summed E-state index contributed by atoms with van der Waals surface area (Å²) in [5.41, 5.74) is 13.7. The third kappa shape index (κ3) is 50.6. The summed E-state index contributed by atoms with van der Waals surface area (Å²) >= 11 is -6.00. The topological polar surface area (TPSA) is 880 Å². The minimum atomic E-state index is -1.16. The van der Waals surface area contributed by atoms with Crippen molar-refractivity contribution in [2.24, 2.45) is 11.5 Å². The van der Waals surface area contributed by atoms with E-state index >= 15 is 0 Å². The van der Waals surface area contributed by atoms with E-state index in [2.05, 4.69) is 92.2 Å². The predicted octanol–water partition coefficient (Wildman–Crippen LogP) is -0.783. The fourth-order valence-electron chi connectivity index (χ4n) is 10.3. The smallest absolute Gasteiger partial charge is 0.335 e. The number of hydrogen-bond donors (Lipinski definition) is 7. The summed E-state index contributed by atoms with van der Waals surface area (Å²) in [7, 11) is 0. The number of carbonyl (C=O) groups is 8. The Balaban J connectivity index is 0.00000169. The third-order valence-corrected chi connectivity index (χ3v) is 15.3.